The highest BCUT2D eigenvalue weighted by Gasteiger charge is 2.35. The van der Waals surface area contributed by atoms with Crippen LogP contribution in [0, 0.1) is 5.92 Å². The summed E-state index contributed by atoms with van der Waals surface area (Å²) in [5.74, 6) is 2.63. The van der Waals surface area contributed by atoms with Gasteiger partial charge in [-0.05, 0) is 37.8 Å². The molecule has 5 heteroatoms. The third kappa shape index (κ3) is 3.19. The lowest BCUT2D eigenvalue weighted by molar-refractivity contribution is -0.139. The van der Waals surface area contributed by atoms with Gasteiger partial charge in [0, 0.05) is 25.4 Å². The van der Waals surface area contributed by atoms with Crippen molar-refractivity contribution in [3.05, 3.63) is 42.4 Å². The number of carbonyl (C=O) groups excluding carboxylic acids is 1. The van der Waals surface area contributed by atoms with Gasteiger partial charge < -0.3 is 13.9 Å². The number of hydrogen-bond donors (Lipinski definition) is 0. The van der Waals surface area contributed by atoms with Crippen LogP contribution >= 0.6 is 0 Å². The molecular formula is C18H25N3O2. The maximum Gasteiger partial charge on any atom is 0.246 e. The molecule has 0 aliphatic carbocycles. The summed E-state index contributed by atoms with van der Waals surface area (Å²) in [6.07, 6.45) is 8.12. The first kappa shape index (κ1) is 15.8. The van der Waals surface area contributed by atoms with Crippen molar-refractivity contribution in [2.45, 2.75) is 52.1 Å². The van der Waals surface area contributed by atoms with Crippen LogP contribution < -0.4 is 0 Å². The van der Waals surface area contributed by atoms with E-state index in [-0.39, 0.29) is 18.0 Å². The number of imidazole rings is 1. The molecule has 1 saturated heterocycles. The Labute approximate surface area is 137 Å². The SMILES string of the molecule is CCc1ccc([C@@H]2C[C@@H](C)CCN2C(=O)[C@@H](C)n2ccnc2)o1. The molecule has 1 amide bonds. The van der Waals surface area contributed by atoms with E-state index in [1.807, 2.05) is 34.7 Å². The lowest BCUT2D eigenvalue weighted by Crippen LogP contribution is -2.43. The fourth-order valence-corrected chi connectivity index (χ4v) is 3.30. The molecule has 1 aliphatic rings. The number of furan rings is 1. The summed E-state index contributed by atoms with van der Waals surface area (Å²) >= 11 is 0. The van der Waals surface area contributed by atoms with Crippen LogP contribution in [0.1, 0.15) is 57.2 Å². The molecule has 0 N–H and O–H groups in total. The molecule has 3 atom stereocenters. The molecule has 2 aromatic heterocycles. The number of carbonyl (C=O) groups is 1. The first-order valence-electron chi connectivity index (χ1n) is 8.46. The van der Waals surface area contributed by atoms with Gasteiger partial charge in [0.1, 0.15) is 17.6 Å². The van der Waals surface area contributed by atoms with Crippen molar-refractivity contribution in [3.8, 4) is 0 Å². The molecule has 3 rings (SSSR count). The summed E-state index contributed by atoms with van der Waals surface area (Å²) in [5.41, 5.74) is 0. The second kappa shape index (κ2) is 6.60. The Morgan fingerprint density at radius 3 is 2.96 bits per heavy atom. The first-order chi connectivity index (χ1) is 11.1. The lowest BCUT2D eigenvalue weighted by Gasteiger charge is -2.39. The first-order valence-corrected chi connectivity index (χ1v) is 8.46. The highest BCUT2D eigenvalue weighted by molar-refractivity contribution is 5.80. The van der Waals surface area contributed by atoms with Crippen molar-refractivity contribution in [2.75, 3.05) is 6.54 Å². The molecule has 1 fully saturated rings. The fourth-order valence-electron chi connectivity index (χ4n) is 3.30. The standard InChI is InChI=1S/C18H25N3O2/c1-4-15-5-6-17(23-15)16-11-13(2)7-9-21(16)18(22)14(3)20-10-8-19-12-20/h5-6,8,10,12-14,16H,4,7,9,11H2,1-3H3/t13-,14+,16-/m0/s1. The van der Waals surface area contributed by atoms with Crippen molar-refractivity contribution in [1.29, 1.82) is 0 Å². The maximum absolute atomic E-state index is 13.0. The molecule has 0 radical (unpaired) electrons. The Morgan fingerprint density at radius 2 is 2.30 bits per heavy atom. The minimum atomic E-state index is -0.242. The molecule has 0 saturated carbocycles. The maximum atomic E-state index is 13.0. The molecule has 2 aromatic rings. The van der Waals surface area contributed by atoms with E-state index in [4.69, 9.17) is 4.42 Å². The van der Waals surface area contributed by atoms with Gasteiger partial charge in [-0.2, -0.15) is 0 Å². The van der Waals surface area contributed by atoms with E-state index in [1.54, 1.807) is 12.5 Å². The molecule has 0 unspecified atom stereocenters. The van der Waals surface area contributed by atoms with Gasteiger partial charge in [0.05, 0.1) is 12.4 Å². The molecule has 0 aromatic carbocycles. The highest BCUT2D eigenvalue weighted by Crippen LogP contribution is 2.36. The van der Waals surface area contributed by atoms with Gasteiger partial charge in [0.2, 0.25) is 5.91 Å². The third-order valence-corrected chi connectivity index (χ3v) is 4.84. The molecule has 5 nitrogen and oxygen atoms in total. The second-order valence-corrected chi connectivity index (χ2v) is 6.52. The van der Waals surface area contributed by atoms with E-state index < -0.39 is 0 Å². The van der Waals surface area contributed by atoms with E-state index in [1.165, 1.54) is 0 Å². The number of nitrogens with zero attached hydrogens (tertiary/aromatic N) is 3. The van der Waals surface area contributed by atoms with Crippen LogP contribution in [0.4, 0.5) is 0 Å². The van der Waals surface area contributed by atoms with Crippen LogP contribution in [0.15, 0.2) is 35.3 Å². The molecule has 0 bridgehead atoms. The molecule has 23 heavy (non-hydrogen) atoms. The normalized spacial score (nSPS) is 23.0. The zero-order chi connectivity index (χ0) is 16.4. The Morgan fingerprint density at radius 1 is 1.48 bits per heavy atom. The molecule has 0 spiro atoms. The molecule has 124 valence electrons. The topological polar surface area (TPSA) is 51.3 Å². The predicted molar refractivity (Wildman–Crippen MR) is 87.9 cm³/mol. The average Bonchev–Trinajstić information content (AvgIpc) is 3.24. The number of hydrogen-bond acceptors (Lipinski definition) is 3. The van der Waals surface area contributed by atoms with Crippen LogP contribution in [-0.4, -0.2) is 26.9 Å². The van der Waals surface area contributed by atoms with Gasteiger partial charge in [0.25, 0.3) is 0 Å². The molecular weight excluding hydrogens is 290 g/mol. The zero-order valence-electron chi connectivity index (χ0n) is 14.1. The van der Waals surface area contributed by atoms with Crippen molar-refractivity contribution >= 4 is 5.91 Å². The van der Waals surface area contributed by atoms with Crippen LogP contribution in [0.5, 0.6) is 0 Å². The van der Waals surface area contributed by atoms with Crippen LogP contribution in [0.3, 0.4) is 0 Å². The number of rotatable bonds is 4. The zero-order valence-corrected chi connectivity index (χ0v) is 14.1. The largest absolute Gasteiger partial charge is 0.464 e. The predicted octanol–water partition coefficient (Wildman–Crippen LogP) is 3.60. The van der Waals surface area contributed by atoms with E-state index >= 15 is 0 Å². The summed E-state index contributed by atoms with van der Waals surface area (Å²) in [5, 5.41) is 0. The van der Waals surface area contributed by atoms with Crippen molar-refractivity contribution in [3.63, 3.8) is 0 Å². The third-order valence-electron chi connectivity index (χ3n) is 4.84. The monoisotopic (exact) mass is 315 g/mol. The number of likely N-dealkylation sites (tertiary alicyclic amines) is 1. The van der Waals surface area contributed by atoms with Crippen LogP contribution in [0.2, 0.25) is 0 Å². The molecule has 1 aliphatic heterocycles. The number of aromatic nitrogens is 2. The minimum absolute atomic E-state index is 0.0394. The van der Waals surface area contributed by atoms with E-state index in [2.05, 4.69) is 18.8 Å². The second-order valence-electron chi connectivity index (χ2n) is 6.52. The van der Waals surface area contributed by atoms with Crippen molar-refractivity contribution < 1.29 is 9.21 Å². The van der Waals surface area contributed by atoms with Gasteiger partial charge in [-0.3, -0.25) is 4.79 Å². The number of piperidine rings is 1. The Balaban J connectivity index is 1.84. The van der Waals surface area contributed by atoms with Crippen molar-refractivity contribution in [1.82, 2.24) is 14.5 Å². The quantitative estimate of drug-likeness (QED) is 0.866. The van der Waals surface area contributed by atoms with Gasteiger partial charge in [-0.1, -0.05) is 13.8 Å². The van der Waals surface area contributed by atoms with E-state index in [0.29, 0.717) is 5.92 Å². The van der Waals surface area contributed by atoms with Crippen LogP contribution in [-0.2, 0) is 11.2 Å². The Bertz CT molecular complexity index is 647. The van der Waals surface area contributed by atoms with E-state index in [9.17, 15) is 4.79 Å². The fraction of sp³-hybridized carbons (Fsp3) is 0.556. The van der Waals surface area contributed by atoms with Crippen LogP contribution in [0.25, 0.3) is 0 Å². The van der Waals surface area contributed by atoms with Gasteiger partial charge in [-0.25, -0.2) is 4.98 Å². The summed E-state index contributed by atoms with van der Waals surface area (Å²) < 4.78 is 7.82. The number of aryl methyl sites for hydroxylation is 1. The van der Waals surface area contributed by atoms with E-state index in [0.717, 1.165) is 37.3 Å². The Kier molecular flexibility index (Phi) is 4.55. The van der Waals surface area contributed by atoms with Gasteiger partial charge in [-0.15, -0.1) is 0 Å². The summed E-state index contributed by atoms with van der Waals surface area (Å²) in [4.78, 5) is 19.0. The van der Waals surface area contributed by atoms with Gasteiger partial charge >= 0.3 is 0 Å². The summed E-state index contributed by atoms with van der Waals surface area (Å²) in [7, 11) is 0. The van der Waals surface area contributed by atoms with Gasteiger partial charge in [0.15, 0.2) is 0 Å². The highest BCUT2D eigenvalue weighted by atomic mass is 16.3. The summed E-state index contributed by atoms with van der Waals surface area (Å²) in [6, 6.07) is 3.85. The number of amides is 1. The van der Waals surface area contributed by atoms with Crippen molar-refractivity contribution in [2.24, 2.45) is 5.92 Å². The minimum Gasteiger partial charge on any atom is -0.464 e. The molecule has 3 heterocycles. The summed E-state index contributed by atoms with van der Waals surface area (Å²) in [6.45, 7) is 7.04. The Hall–Kier alpha value is -2.04. The lowest BCUT2D eigenvalue weighted by atomic mass is 9.90. The smallest absolute Gasteiger partial charge is 0.246 e. The average molecular weight is 315 g/mol.